The molecule has 0 bridgehead atoms. The molecule has 1 aliphatic heterocycles. The predicted molar refractivity (Wildman–Crippen MR) is 98.7 cm³/mol. The number of carbonyl (C=O) groups is 2. The van der Waals surface area contributed by atoms with Gasteiger partial charge in [-0.1, -0.05) is 18.2 Å². The highest BCUT2D eigenvalue weighted by Gasteiger charge is 2.27. The van der Waals surface area contributed by atoms with Crippen LogP contribution in [0, 0.1) is 11.6 Å². The maximum atomic E-state index is 14.2. The molecular weight excluding hydrogens is 368 g/mol. The van der Waals surface area contributed by atoms with Gasteiger partial charge in [-0.15, -0.1) is 0 Å². The molecule has 28 heavy (non-hydrogen) atoms. The van der Waals surface area contributed by atoms with Crippen LogP contribution in [0.15, 0.2) is 42.5 Å². The second-order valence-electron chi connectivity index (χ2n) is 6.42. The Morgan fingerprint density at radius 3 is 2.64 bits per heavy atom. The summed E-state index contributed by atoms with van der Waals surface area (Å²) in [6.07, 6.45) is 0. The summed E-state index contributed by atoms with van der Waals surface area (Å²) < 4.78 is 31.9. The molecule has 2 aromatic carbocycles. The number of benzene rings is 2. The highest BCUT2D eigenvalue weighted by atomic mass is 19.1. The van der Waals surface area contributed by atoms with Gasteiger partial charge in [0, 0.05) is 31.7 Å². The van der Waals surface area contributed by atoms with Crippen molar-refractivity contribution < 1.29 is 23.1 Å². The predicted octanol–water partition coefficient (Wildman–Crippen LogP) is 2.61. The smallest absolute Gasteiger partial charge is 0.337 e. The SMILES string of the molecule is COC(=O)c1ccc(CNC(=O)N2CCNCC2c2ccc(F)cc2)c(F)c1. The van der Waals surface area contributed by atoms with Gasteiger partial charge in [-0.25, -0.2) is 18.4 Å². The molecular formula is C20H21F2N3O3. The van der Waals surface area contributed by atoms with Crippen molar-refractivity contribution in [3.05, 3.63) is 70.8 Å². The molecule has 1 fully saturated rings. The van der Waals surface area contributed by atoms with Gasteiger partial charge in [0.15, 0.2) is 0 Å². The van der Waals surface area contributed by atoms with Crippen molar-refractivity contribution >= 4 is 12.0 Å². The number of hydrogen-bond donors (Lipinski definition) is 2. The van der Waals surface area contributed by atoms with Crippen LogP contribution in [0.4, 0.5) is 13.6 Å². The topological polar surface area (TPSA) is 70.7 Å². The molecule has 2 aromatic rings. The molecule has 0 radical (unpaired) electrons. The molecule has 0 aromatic heterocycles. The summed E-state index contributed by atoms with van der Waals surface area (Å²) in [5, 5.41) is 5.93. The molecule has 1 saturated heterocycles. The Labute approximate surface area is 161 Å². The van der Waals surface area contributed by atoms with Gasteiger partial charge < -0.3 is 20.3 Å². The van der Waals surface area contributed by atoms with Crippen molar-refractivity contribution in [2.75, 3.05) is 26.7 Å². The van der Waals surface area contributed by atoms with E-state index < -0.39 is 11.8 Å². The Morgan fingerprint density at radius 1 is 1.21 bits per heavy atom. The fourth-order valence-electron chi connectivity index (χ4n) is 3.14. The van der Waals surface area contributed by atoms with Crippen LogP contribution in [-0.2, 0) is 11.3 Å². The maximum absolute atomic E-state index is 14.2. The van der Waals surface area contributed by atoms with Gasteiger partial charge in [0.25, 0.3) is 0 Å². The van der Waals surface area contributed by atoms with E-state index in [2.05, 4.69) is 15.4 Å². The zero-order valence-corrected chi connectivity index (χ0v) is 15.4. The number of hydrogen-bond acceptors (Lipinski definition) is 4. The third-order valence-electron chi connectivity index (χ3n) is 4.66. The molecule has 1 aliphatic rings. The molecule has 6 nitrogen and oxygen atoms in total. The number of esters is 1. The Kier molecular flexibility index (Phi) is 6.20. The molecule has 1 unspecified atom stereocenters. The van der Waals surface area contributed by atoms with Crippen molar-refractivity contribution in [1.29, 1.82) is 0 Å². The van der Waals surface area contributed by atoms with E-state index in [0.717, 1.165) is 11.6 Å². The number of halogens is 2. The number of piperazine rings is 1. The standard InChI is InChI=1S/C20H21F2N3O3/c1-28-19(26)14-2-3-15(17(22)10-14)11-24-20(27)25-9-8-23-12-18(25)13-4-6-16(21)7-5-13/h2-7,10,18,23H,8-9,11-12H2,1H3,(H,24,27). The molecule has 1 heterocycles. The first kappa shape index (κ1) is 19.8. The third-order valence-corrected chi connectivity index (χ3v) is 4.66. The van der Waals surface area contributed by atoms with Crippen LogP contribution in [0.25, 0.3) is 0 Å². The van der Waals surface area contributed by atoms with E-state index in [-0.39, 0.29) is 35.6 Å². The Morgan fingerprint density at radius 2 is 1.96 bits per heavy atom. The molecule has 0 spiro atoms. The van der Waals surface area contributed by atoms with Gasteiger partial charge in [-0.3, -0.25) is 0 Å². The number of nitrogens with one attached hydrogen (secondary N) is 2. The number of carbonyl (C=O) groups excluding carboxylic acids is 2. The largest absolute Gasteiger partial charge is 0.465 e. The van der Waals surface area contributed by atoms with Crippen LogP contribution >= 0.6 is 0 Å². The van der Waals surface area contributed by atoms with Crippen LogP contribution in [0.1, 0.15) is 27.5 Å². The summed E-state index contributed by atoms with van der Waals surface area (Å²) in [5.41, 5.74) is 1.18. The number of amides is 2. The van der Waals surface area contributed by atoms with Crippen molar-refractivity contribution in [2.24, 2.45) is 0 Å². The number of methoxy groups -OCH3 is 1. The van der Waals surface area contributed by atoms with E-state index in [1.165, 1.54) is 31.4 Å². The fraction of sp³-hybridized carbons (Fsp3) is 0.300. The van der Waals surface area contributed by atoms with Crippen LogP contribution in [-0.4, -0.2) is 43.6 Å². The van der Waals surface area contributed by atoms with E-state index in [1.807, 2.05) is 0 Å². The lowest BCUT2D eigenvalue weighted by molar-refractivity contribution is 0.0600. The van der Waals surface area contributed by atoms with E-state index in [9.17, 15) is 18.4 Å². The Balaban J connectivity index is 1.67. The lowest BCUT2D eigenvalue weighted by Crippen LogP contribution is -2.51. The average Bonchev–Trinajstić information content (AvgIpc) is 2.72. The molecule has 148 valence electrons. The molecule has 0 saturated carbocycles. The number of urea groups is 1. The number of rotatable bonds is 4. The van der Waals surface area contributed by atoms with Gasteiger partial charge in [0.05, 0.1) is 18.7 Å². The molecule has 3 rings (SSSR count). The first-order valence-electron chi connectivity index (χ1n) is 8.87. The van der Waals surface area contributed by atoms with E-state index in [1.54, 1.807) is 17.0 Å². The molecule has 2 amide bonds. The number of nitrogens with zero attached hydrogens (tertiary/aromatic N) is 1. The zero-order chi connectivity index (χ0) is 20.1. The van der Waals surface area contributed by atoms with Gasteiger partial charge in [-0.05, 0) is 29.8 Å². The number of ether oxygens (including phenoxy) is 1. The first-order valence-corrected chi connectivity index (χ1v) is 8.87. The highest BCUT2D eigenvalue weighted by molar-refractivity contribution is 5.89. The third kappa shape index (κ3) is 4.45. The van der Waals surface area contributed by atoms with E-state index in [4.69, 9.17) is 0 Å². The van der Waals surface area contributed by atoms with E-state index >= 15 is 0 Å². The monoisotopic (exact) mass is 389 g/mol. The zero-order valence-electron chi connectivity index (χ0n) is 15.4. The maximum Gasteiger partial charge on any atom is 0.337 e. The minimum Gasteiger partial charge on any atom is -0.465 e. The molecule has 8 heteroatoms. The van der Waals surface area contributed by atoms with Crippen molar-refractivity contribution in [3.63, 3.8) is 0 Å². The molecule has 1 atom stereocenters. The highest BCUT2D eigenvalue weighted by Crippen LogP contribution is 2.22. The minimum absolute atomic E-state index is 0.0216. The van der Waals surface area contributed by atoms with Crippen LogP contribution in [0.3, 0.4) is 0 Å². The Bertz CT molecular complexity index is 858. The fourth-order valence-corrected chi connectivity index (χ4v) is 3.14. The van der Waals surface area contributed by atoms with Crippen LogP contribution in [0.5, 0.6) is 0 Å². The quantitative estimate of drug-likeness (QED) is 0.789. The summed E-state index contributed by atoms with van der Waals surface area (Å²) >= 11 is 0. The van der Waals surface area contributed by atoms with Gasteiger partial charge in [-0.2, -0.15) is 0 Å². The molecule has 2 N–H and O–H groups in total. The van der Waals surface area contributed by atoms with Gasteiger partial charge in [0.2, 0.25) is 0 Å². The van der Waals surface area contributed by atoms with Gasteiger partial charge in [0.1, 0.15) is 11.6 Å². The average molecular weight is 389 g/mol. The van der Waals surface area contributed by atoms with E-state index in [0.29, 0.717) is 19.6 Å². The van der Waals surface area contributed by atoms with Crippen LogP contribution < -0.4 is 10.6 Å². The lowest BCUT2D eigenvalue weighted by atomic mass is 10.0. The summed E-state index contributed by atoms with van der Waals surface area (Å²) in [6.45, 7) is 1.62. The summed E-state index contributed by atoms with van der Waals surface area (Å²) in [7, 11) is 1.22. The van der Waals surface area contributed by atoms with Crippen LogP contribution in [0.2, 0.25) is 0 Å². The summed E-state index contributed by atoms with van der Waals surface area (Å²) in [6, 6.07) is 9.40. The van der Waals surface area contributed by atoms with Crippen molar-refractivity contribution in [2.45, 2.75) is 12.6 Å². The second-order valence-corrected chi connectivity index (χ2v) is 6.42. The summed E-state index contributed by atoms with van der Waals surface area (Å²) in [4.78, 5) is 25.8. The first-order chi connectivity index (χ1) is 13.5. The summed E-state index contributed by atoms with van der Waals surface area (Å²) in [5.74, 6) is -1.56. The van der Waals surface area contributed by atoms with Crippen molar-refractivity contribution in [3.8, 4) is 0 Å². The normalized spacial score (nSPS) is 16.5. The second kappa shape index (κ2) is 8.79. The Hall–Kier alpha value is -3.00. The van der Waals surface area contributed by atoms with Gasteiger partial charge >= 0.3 is 12.0 Å². The van der Waals surface area contributed by atoms with Crippen molar-refractivity contribution in [1.82, 2.24) is 15.5 Å². The minimum atomic E-state index is -0.627. The molecule has 0 aliphatic carbocycles. The lowest BCUT2D eigenvalue weighted by Gasteiger charge is -2.36.